The summed E-state index contributed by atoms with van der Waals surface area (Å²) in [5, 5.41) is 0. The van der Waals surface area contributed by atoms with Crippen molar-refractivity contribution in [3.8, 4) is 5.75 Å². The minimum Gasteiger partial charge on any atom is -0.492 e. The molecule has 1 heterocycles. The van der Waals surface area contributed by atoms with Gasteiger partial charge in [0.2, 0.25) is 0 Å². The van der Waals surface area contributed by atoms with Gasteiger partial charge in [0.15, 0.2) is 5.78 Å². The lowest BCUT2D eigenvalue weighted by atomic mass is 10.1. The Hall–Kier alpha value is -2.40. The summed E-state index contributed by atoms with van der Waals surface area (Å²) in [6.07, 6.45) is 4.45. The molecule has 0 radical (unpaired) electrons. The van der Waals surface area contributed by atoms with Crippen molar-refractivity contribution < 1.29 is 9.53 Å². The molecule has 1 aromatic carbocycles. The summed E-state index contributed by atoms with van der Waals surface area (Å²) < 4.78 is 5.39. The molecule has 1 aromatic heterocycles. The third-order valence-electron chi connectivity index (χ3n) is 3.58. The second kappa shape index (κ2) is 8.29. The van der Waals surface area contributed by atoms with Gasteiger partial charge in [-0.3, -0.25) is 14.7 Å². The number of carbonyl (C=O) groups excluding carboxylic acids is 1. The molecule has 5 heteroatoms. The fourth-order valence-electron chi connectivity index (χ4n) is 2.29. The molecule has 23 heavy (non-hydrogen) atoms. The quantitative estimate of drug-likeness (QED) is 0.599. The Morgan fingerprint density at radius 1 is 1.26 bits per heavy atom. The number of nitrogen functional groups attached to an aromatic ring is 1. The number of carbonyl (C=O) groups is 1. The average Bonchev–Trinajstić information content (AvgIpc) is 2.56. The Kier molecular flexibility index (Phi) is 6.11. The van der Waals surface area contributed by atoms with Crippen molar-refractivity contribution in [3.63, 3.8) is 0 Å². The van der Waals surface area contributed by atoms with E-state index in [1.54, 1.807) is 30.6 Å². The van der Waals surface area contributed by atoms with E-state index in [-0.39, 0.29) is 5.78 Å². The van der Waals surface area contributed by atoms with E-state index in [4.69, 9.17) is 10.5 Å². The summed E-state index contributed by atoms with van der Waals surface area (Å²) >= 11 is 0. The lowest BCUT2D eigenvalue weighted by molar-refractivity contribution is 0.0947. The molecule has 0 saturated carbocycles. The number of hydrogen-bond acceptors (Lipinski definition) is 5. The Balaban J connectivity index is 1.89. The number of nitrogens with zero attached hydrogens (tertiary/aromatic N) is 2. The smallest absolute Gasteiger partial charge is 0.176 e. The summed E-state index contributed by atoms with van der Waals surface area (Å²) in [6, 6.07) is 9.18. The number of ether oxygens (including phenoxy) is 1. The molecule has 0 fully saturated rings. The van der Waals surface area contributed by atoms with Crippen LogP contribution < -0.4 is 10.5 Å². The van der Waals surface area contributed by atoms with Crippen LogP contribution in [0.15, 0.2) is 42.7 Å². The second-order valence-electron chi connectivity index (χ2n) is 5.45. The summed E-state index contributed by atoms with van der Waals surface area (Å²) in [7, 11) is 1.94. The zero-order chi connectivity index (χ0) is 16.7. The molecule has 2 N–H and O–H groups in total. The van der Waals surface area contributed by atoms with Crippen LogP contribution in [-0.2, 0) is 6.42 Å². The summed E-state index contributed by atoms with van der Waals surface area (Å²) in [5.74, 6) is 0.673. The highest BCUT2D eigenvalue weighted by molar-refractivity contribution is 5.98. The maximum absolute atomic E-state index is 12.3. The van der Waals surface area contributed by atoms with Gasteiger partial charge in [0, 0.05) is 24.5 Å². The number of anilines is 1. The minimum absolute atomic E-state index is 0.0528. The van der Waals surface area contributed by atoms with E-state index in [0.29, 0.717) is 30.2 Å². The Labute approximate surface area is 137 Å². The van der Waals surface area contributed by atoms with Gasteiger partial charge in [0.1, 0.15) is 5.75 Å². The largest absolute Gasteiger partial charge is 0.492 e. The van der Waals surface area contributed by atoms with Crippen molar-refractivity contribution in [1.82, 2.24) is 9.88 Å². The zero-order valence-corrected chi connectivity index (χ0v) is 13.7. The molecule has 0 atom stereocenters. The molecular weight excluding hydrogens is 290 g/mol. The van der Waals surface area contributed by atoms with E-state index < -0.39 is 0 Å². The van der Waals surface area contributed by atoms with Gasteiger partial charge in [-0.2, -0.15) is 0 Å². The molecule has 2 rings (SSSR count). The highest BCUT2D eigenvalue weighted by Crippen LogP contribution is 2.22. The monoisotopic (exact) mass is 313 g/mol. The Bertz CT molecular complexity index is 644. The molecule has 0 aliphatic rings. The fraction of sp³-hybridized carbons (Fsp3) is 0.333. The highest BCUT2D eigenvalue weighted by atomic mass is 16.5. The summed E-state index contributed by atoms with van der Waals surface area (Å²) in [6.45, 7) is 3.62. The van der Waals surface area contributed by atoms with Crippen molar-refractivity contribution in [2.75, 3.05) is 32.5 Å². The first-order valence-corrected chi connectivity index (χ1v) is 7.73. The van der Waals surface area contributed by atoms with Gasteiger partial charge in [-0.25, -0.2) is 0 Å². The second-order valence-corrected chi connectivity index (χ2v) is 5.45. The lowest BCUT2D eigenvalue weighted by Crippen LogP contribution is -2.28. The Morgan fingerprint density at radius 3 is 2.65 bits per heavy atom. The number of likely N-dealkylation sites (N-methyl/N-ethyl adjacent to an activating group) is 1. The predicted molar refractivity (Wildman–Crippen MR) is 91.8 cm³/mol. The van der Waals surface area contributed by atoms with Crippen LogP contribution in [0.1, 0.15) is 22.8 Å². The molecule has 5 nitrogen and oxygen atoms in total. The van der Waals surface area contributed by atoms with Crippen LogP contribution in [0.3, 0.4) is 0 Å². The molecule has 0 aliphatic carbocycles. The number of ketones is 1. The number of Topliss-reactive ketones (excluding diaryl/α,β-unsaturated/α-hetero) is 1. The van der Waals surface area contributed by atoms with Crippen LogP contribution >= 0.6 is 0 Å². The van der Waals surface area contributed by atoms with E-state index in [2.05, 4.69) is 4.98 Å². The van der Waals surface area contributed by atoms with Crippen molar-refractivity contribution in [3.05, 3.63) is 53.9 Å². The molecule has 0 saturated heterocycles. The first kappa shape index (κ1) is 17.0. The first-order chi connectivity index (χ1) is 11.1. The predicted octanol–water partition coefficient (Wildman–Crippen LogP) is 2.42. The maximum atomic E-state index is 12.3. The number of hydrogen-bond donors (Lipinski definition) is 1. The Morgan fingerprint density at radius 2 is 2.00 bits per heavy atom. The zero-order valence-electron chi connectivity index (χ0n) is 13.7. The van der Waals surface area contributed by atoms with Gasteiger partial charge in [-0.15, -0.1) is 0 Å². The molecule has 0 spiro atoms. The van der Waals surface area contributed by atoms with Gasteiger partial charge >= 0.3 is 0 Å². The van der Waals surface area contributed by atoms with Crippen molar-refractivity contribution in [2.45, 2.75) is 13.3 Å². The van der Waals surface area contributed by atoms with Crippen LogP contribution in [-0.4, -0.2) is 42.4 Å². The average molecular weight is 313 g/mol. The van der Waals surface area contributed by atoms with Gasteiger partial charge < -0.3 is 10.5 Å². The van der Waals surface area contributed by atoms with Gasteiger partial charge in [-0.05, 0) is 56.3 Å². The summed E-state index contributed by atoms with van der Waals surface area (Å²) in [4.78, 5) is 18.3. The number of pyridine rings is 1. The van der Waals surface area contributed by atoms with Crippen LogP contribution in [0.25, 0.3) is 0 Å². The third kappa shape index (κ3) is 5.07. The molecule has 2 aromatic rings. The SMILES string of the molecule is CCOc1ccc(C(=O)CN(C)CCc2ccncc2)cc1N. The number of rotatable bonds is 8. The van der Waals surface area contributed by atoms with Crippen LogP contribution in [0.4, 0.5) is 5.69 Å². The first-order valence-electron chi connectivity index (χ1n) is 7.73. The van der Waals surface area contributed by atoms with Gasteiger partial charge in [-0.1, -0.05) is 0 Å². The minimum atomic E-state index is 0.0528. The number of nitrogens with two attached hydrogens (primary N) is 1. The van der Waals surface area contributed by atoms with Crippen LogP contribution in [0.5, 0.6) is 5.75 Å². The van der Waals surface area contributed by atoms with E-state index in [9.17, 15) is 4.79 Å². The number of aromatic nitrogens is 1. The molecule has 0 unspecified atom stereocenters. The standard InChI is InChI=1S/C18H23N3O2/c1-3-23-18-5-4-15(12-16(18)19)17(22)13-21(2)11-8-14-6-9-20-10-7-14/h4-7,9-10,12H,3,8,11,13,19H2,1-2H3. The molecular formula is C18H23N3O2. The van der Waals surface area contributed by atoms with Gasteiger partial charge in [0.05, 0.1) is 18.8 Å². The van der Waals surface area contributed by atoms with Crippen molar-refractivity contribution >= 4 is 11.5 Å². The molecule has 0 amide bonds. The number of benzene rings is 1. The summed E-state index contributed by atoms with van der Waals surface area (Å²) in [5.41, 5.74) is 8.24. The third-order valence-corrected chi connectivity index (χ3v) is 3.58. The topological polar surface area (TPSA) is 68.5 Å². The van der Waals surface area contributed by atoms with Crippen molar-refractivity contribution in [1.29, 1.82) is 0 Å². The maximum Gasteiger partial charge on any atom is 0.176 e. The van der Waals surface area contributed by atoms with Gasteiger partial charge in [0.25, 0.3) is 0 Å². The van der Waals surface area contributed by atoms with E-state index in [0.717, 1.165) is 13.0 Å². The highest BCUT2D eigenvalue weighted by Gasteiger charge is 2.11. The van der Waals surface area contributed by atoms with E-state index >= 15 is 0 Å². The fourth-order valence-corrected chi connectivity index (χ4v) is 2.29. The normalized spacial score (nSPS) is 10.7. The van der Waals surface area contributed by atoms with Crippen molar-refractivity contribution in [2.24, 2.45) is 0 Å². The molecule has 0 bridgehead atoms. The van der Waals surface area contributed by atoms with E-state index in [1.165, 1.54) is 5.56 Å². The molecule has 0 aliphatic heterocycles. The van der Waals surface area contributed by atoms with Crippen LogP contribution in [0, 0.1) is 0 Å². The molecule has 122 valence electrons. The van der Waals surface area contributed by atoms with Crippen LogP contribution in [0.2, 0.25) is 0 Å². The lowest BCUT2D eigenvalue weighted by Gasteiger charge is -2.16. The van der Waals surface area contributed by atoms with E-state index in [1.807, 2.05) is 31.0 Å².